The van der Waals surface area contributed by atoms with Gasteiger partial charge in [-0.05, 0) is 30.0 Å². The molecule has 0 N–H and O–H groups in total. The SMILES string of the molecule is CCC(/C=C(/C)c1ccccc1)c1ccccc1. The summed E-state index contributed by atoms with van der Waals surface area (Å²) in [4.78, 5) is 0. The van der Waals surface area contributed by atoms with Gasteiger partial charge in [-0.3, -0.25) is 0 Å². The molecule has 0 heterocycles. The third kappa shape index (κ3) is 3.10. The van der Waals surface area contributed by atoms with Gasteiger partial charge in [0.25, 0.3) is 0 Å². The lowest BCUT2D eigenvalue weighted by Gasteiger charge is -2.12. The third-order valence-electron chi connectivity index (χ3n) is 3.35. The van der Waals surface area contributed by atoms with Crippen molar-refractivity contribution in [2.45, 2.75) is 26.2 Å². The van der Waals surface area contributed by atoms with Gasteiger partial charge in [-0.1, -0.05) is 73.7 Å². The van der Waals surface area contributed by atoms with Gasteiger partial charge in [0.05, 0.1) is 0 Å². The Bertz CT molecular complexity index is 494. The molecule has 1 atom stereocenters. The second-order valence-electron chi connectivity index (χ2n) is 4.64. The minimum Gasteiger partial charge on any atom is -0.0735 e. The number of hydrogen-bond acceptors (Lipinski definition) is 0. The van der Waals surface area contributed by atoms with E-state index in [-0.39, 0.29) is 0 Å². The average Bonchev–Trinajstić information content (AvgIpc) is 2.46. The Hall–Kier alpha value is -1.82. The molecule has 0 aromatic heterocycles. The van der Waals surface area contributed by atoms with Crippen molar-refractivity contribution in [3.8, 4) is 0 Å². The van der Waals surface area contributed by atoms with Crippen LogP contribution >= 0.6 is 0 Å². The fourth-order valence-electron chi connectivity index (χ4n) is 2.25. The molecule has 0 bridgehead atoms. The van der Waals surface area contributed by atoms with Gasteiger partial charge in [0.15, 0.2) is 0 Å². The normalized spacial score (nSPS) is 13.3. The lowest BCUT2D eigenvalue weighted by Crippen LogP contribution is -1.94. The van der Waals surface area contributed by atoms with Gasteiger partial charge in [-0.2, -0.15) is 0 Å². The predicted octanol–water partition coefficient (Wildman–Crippen LogP) is 5.28. The Balaban J connectivity index is 2.25. The molecule has 0 spiro atoms. The minimum atomic E-state index is 0.506. The Morgan fingerprint density at radius 1 is 0.944 bits per heavy atom. The van der Waals surface area contributed by atoms with Crippen molar-refractivity contribution < 1.29 is 0 Å². The molecular formula is C18H20. The number of benzene rings is 2. The smallest absolute Gasteiger partial charge is 0.00212 e. The van der Waals surface area contributed by atoms with Crippen molar-refractivity contribution in [3.63, 3.8) is 0 Å². The molecule has 0 radical (unpaired) electrons. The van der Waals surface area contributed by atoms with Crippen molar-refractivity contribution in [2.75, 3.05) is 0 Å². The van der Waals surface area contributed by atoms with Crippen LogP contribution in [0.15, 0.2) is 66.7 Å². The van der Waals surface area contributed by atoms with E-state index in [2.05, 4.69) is 80.6 Å². The summed E-state index contributed by atoms with van der Waals surface area (Å²) in [7, 11) is 0. The highest BCUT2D eigenvalue weighted by atomic mass is 14.1. The summed E-state index contributed by atoms with van der Waals surface area (Å²) in [5.74, 6) is 0.506. The molecule has 1 unspecified atom stereocenters. The Kier molecular flexibility index (Phi) is 4.35. The second-order valence-corrected chi connectivity index (χ2v) is 4.64. The molecule has 0 aliphatic carbocycles. The monoisotopic (exact) mass is 236 g/mol. The standard InChI is InChI=1S/C18H20/c1-3-16(18-12-8-5-9-13-18)14-15(2)17-10-6-4-7-11-17/h4-14,16H,3H2,1-2H3/b15-14-. The molecule has 0 aliphatic heterocycles. The molecular weight excluding hydrogens is 216 g/mol. The van der Waals surface area contributed by atoms with Crippen molar-refractivity contribution in [1.29, 1.82) is 0 Å². The van der Waals surface area contributed by atoms with Gasteiger partial charge in [0, 0.05) is 5.92 Å². The maximum absolute atomic E-state index is 2.38. The van der Waals surface area contributed by atoms with E-state index in [1.54, 1.807) is 0 Å². The minimum absolute atomic E-state index is 0.506. The van der Waals surface area contributed by atoms with Crippen LogP contribution < -0.4 is 0 Å². The number of allylic oxidation sites excluding steroid dienone is 2. The van der Waals surface area contributed by atoms with Gasteiger partial charge in [-0.15, -0.1) is 0 Å². The molecule has 0 amide bonds. The molecule has 0 saturated heterocycles. The summed E-state index contributed by atoms with van der Waals surface area (Å²) < 4.78 is 0. The summed E-state index contributed by atoms with van der Waals surface area (Å²) in [5.41, 5.74) is 4.06. The Morgan fingerprint density at radius 2 is 1.50 bits per heavy atom. The molecule has 2 aromatic rings. The first kappa shape index (κ1) is 12.6. The largest absolute Gasteiger partial charge is 0.0735 e. The Labute approximate surface area is 110 Å². The Morgan fingerprint density at radius 3 is 2.06 bits per heavy atom. The van der Waals surface area contributed by atoms with Crippen LogP contribution in [0.25, 0.3) is 5.57 Å². The van der Waals surface area contributed by atoms with Gasteiger partial charge in [-0.25, -0.2) is 0 Å². The maximum Gasteiger partial charge on any atom is 0.00212 e. The lowest BCUT2D eigenvalue weighted by molar-refractivity contribution is 0.806. The van der Waals surface area contributed by atoms with Crippen LogP contribution in [0.4, 0.5) is 0 Å². The summed E-state index contributed by atoms with van der Waals surface area (Å²) in [6.45, 7) is 4.44. The second kappa shape index (κ2) is 6.20. The first-order chi connectivity index (χ1) is 8.81. The van der Waals surface area contributed by atoms with Gasteiger partial charge in [0.2, 0.25) is 0 Å². The zero-order chi connectivity index (χ0) is 12.8. The summed E-state index contributed by atoms with van der Waals surface area (Å²) in [6, 6.07) is 21.3. The summed E-state index contributed by atoms with van der Waals surface area (Å²) in [6.07, 6.45) is 3.51. The van der Waals surface area contributed by atoms with E-state index in [1.807, 2.05) is 0 Å². The van der Waals surface area contributed by atoms with Crippen LogP contribution in [0.5, 0.6) is 0 Å². The van der Waals surface area contributed by atoms with Crippen LogP contribution in [-0.4, -0.2) is 0 Å². The average molecular weight is 236 g/mol. The van der Waals surface area contributed by atoms with E-state index in [0.29, 0.717) is 5.92 Å². The van der Waals surface area contributed by atoms with Crippen LogP contribution in [-0.2, 0) is 0 Å². The molecule has 0 fully saturated rings. The topological polar surface area (TPSA) is 0 Å². The van der Waals surface area contributed by atoms with Crippen molar-refractivity contribution in [2.24, 2.45) is 0 Å². The van der Waals surface area contributed by atoms with Crippen LogP contribution in [0.3, 0.4) is 0 Å². The fraction of sp³-hybridized carbons (Fsp3) is 0.222. The zero-order valence-electron chi connectivity index (χ0n) is 11.1. The highest BCUT2D eigenvalue weighted by Crippen LogP contribution is 2.25. The molecule has 0 saturated carbocycles. The highest BCUT2D eigenvalue weighted by molar-refractivity contribution is 5.64. The molecule has 0 aliphatic rings. The van der Waals surface area contributed by atoms with Gasteiger partial charge >= 0.3 is 0 Å². The molecule has 0 heteroatoms. The quantitative estimate of drug-likeness (QED) is 0.677. The van der Waals surface area contributed by atoms with E-state index >= 15 is 0 Å². The van der Waals surface area contributed by atoms with Crippen LogP contribution in [0.1, 0.15) is 37.3 Å². The van der Waals surface area contributed by atoms with Crippen LogP contribution in [0, 0.1) is 0 Å². The van der Waals surface area contributed by atoms with E-state index in [1.165, 1.54) is 16.7 Å². The number of rotatable bonds is 4. The van der Waals surface area contributed by atoms with Gasteiger partial charge < -0.3 is 0 Å². The first-order valence-electron chi connectivity index (χ1n) is 6.60. The lowest BCUT2D eigenvalue weighted by atomic mass is 9.92. The van der Waals surface area contributed by atoms with Gasteiger partial charge in [0.1, 0.15) is 0 Å². The first-order valence-corrected chi connectivity index (χ1v) is 6.60. The number of hydrogen-bond donors (Lipinski definition) is 0. The van der Waals surface area contributed by atoms with E-state index < -0.39 is 0 Å². The molecule has 0 nitrogen and oxygen atoms in total. The zero-order valence-corrected chi connectivity index (χ0v) is 11.1. The summed E-state index contributed by atoms with van der Waals surface area (Å²) >= 11 is 0. The highest BCUT2D eigenvalue weighted by Gasteiger charge is 2.06. The van der Waals surface area contributed by atoms with E-state index in [4.69, 9.17) is 0 Å². The van der Waals surface area contributed by atoms with Crippen molar-refractivity contribution in [1.82, 2.24) is 0 Å². The predicted molar refractivity (Wildman–Crippen MR) is 79.6 cm³/mol. The van der Waals surface area contributed by atoms with Crippen molar-refractivity contribution in [3.05, 3.63) is 77.9 Å². The molecule has 92 valence electrons. The van der Waals surface area contributed by atoms with E-state index in [9.17, 15) is 0 Å². The molecule has 2 rings (SSSR count). The fourth-order valence-corrected chi connectivity index (χ4v) is 2.25. The maximum atomic E-state index is 2.38. The molecule has 18 heavy (non-hydrogen) atoms. The molecule has 2 aromatic carbocycles. The van der Waals surface area contributed by atoms with E-state index in [0.717, 1.165) is 6.42 Å². The third-order valence-corrected chi connectivity index (χ3v) is 3.35. The van der Waals surface area contributed by atoms with Crippen molar-refractivity contribution >= 4 is 5.57 Å². The van der Waals surface area contributed by atoms with Crippen LogP contribution in [0.2, 0.25) is 0 Å². The summed E-state index contributed by atoms with van der Waals surface area (Å²) in [5, 5.41) is 0.